The Morgan fingerprint density at radius 3 is 2.68 bits per heavy atom. The molecule has 0 saturated carbocycles. The Morgan fingerprint density at radius 2 is 2.11 bits per heavy atom. The Labute approximate surface area is 114 Å². The second-order valence-corrected chi connectivity index (χ2v) is 4.86. The van der Waals surface area contributed by atoms with Crippen LogP contribution in [0.3, 0.4) is 0 Å². The average molecular weight is 285 g/mol. The van der Waals surface area contributed by atoms with E-state index in [0.29, 0.717) is 10.7 Å². The van der Waals surface area contributed by atoms with Gasteiger partial charge in [0, 0.05) is 18.0 Å². The number of aliphatic hydroxyl groups is 1. The Morgan fingerprint density at radius 1 is 1.42 bits per heavy atom. The molecular formula is C12H13ClN2O4. The fourth-order valence-corrected chi connectivity index (χ4v) is 2.44. The molecule has 1 aliphatic heterocycles. The summed E-state index contributed by atoms with van der Waals surface area (Å²) in [4.78, 5) is 24.1. The summed E-state index contributed by atoms with van der Waals surface area (Å²) in [5.74, 6) is -1.75. The van der Waals surface area contributed by atoms with E-state index in [9.17, 15) is 14.7 Å². The molecule has 0 aliphatic carbocycles. The van der Waals surface area contributed by atoms with Crippen molar-refractivity contribution in [2.75, 3.05) is 11.4 Å². The first-order chi connectivity index (χ1) is 8.90. The van der Waals surface area contributed by atoms with Gasteiger partial charge < -0.3 is 20.8 Å². The Hall–Kier alpha value is -1.79. The second-order valence-electron chi connectivity index (χ2n) is 4.42. The number of carbonyl (C=O) groups excluding carboxylic acids is 1. The fourth-order valence-electron chi connectivity index (χ4n) is 2.27. The number of primary amides is 1. The summed E-state index contributed by atoms with van der Waals surface area (Å²) in [6.45, 7) is 0.138. The first-order valence-corrected chi connectivity index (χ1v) is 6.05. The topological polar surface area (TPSA) is 104 Å². The van der Waals surface area contributed by atoms with Gasteiger partial charge in [0.1, 0.15) is 6.04 Å². The van der Waals surface area contributed by atoms with Crippen molar-refractivity contribution >= 4 is 29.2 Å². The zero-order chi connectivity index (χ0) is 14.2. The van der Waals surface area contributed by atoms with Crippen molar-refractivity contribution in [3.8, 4) is 0 Å². The number of β-amino-alcohol motifs (C(OH)–C–C–N with tert-alkyl or cyclic N) is 1. The number of carbonyl (C=O) groups is 2. The van der Waals surface area contributed by atoms with Gasteiger partial charge in [0.25, 0.3) is 5.91 Å². The van der Waals surface area contributed by atoms with E-state index in [2.05, 4.69) is 0 Å². The maximum Gasteiger partial charge on any atom is 0.326 e. The van der Waals surface area contributed by atoms with Crippen LogP contribution in [0.5, 0.6) is 0 Å². The van der Waals surface area contributed by atoms with Gasteiger partial charge in [0.2, 0.25) is 0 Å². The summed E-state index contributed by atoms with van der Waals surface area (Å²) in [6, 6.07) is 3.60. The van der Waals surface area contributed by atoms with E-state index in [-0.39, 0.29) is 18.5 Å². The highest BCUT2D eigenvalue weighted by Crippen LogP contribution is 2.30. The zero-order valence-electron chi connectivity index (χ0n) is 9.91. The number of carboxylic acids is 1. The summed E-state index contributed by atoms with van der Waals surface area (Å²) in [5, 5.41) is 19.1. The first kappa shape index (κ1) is 13.6. The van der Waals surface area contributed by atoms with E-state index >= 15 is 0 Å². The standard InChI is InChI=1S/C12H13ClN2O4/c13-6-1-2-9(8(3-6)11(14)17)15-5-7(16)4-10(15)12(18)19/h1-3,7,10,16H,4-5H2,(H2,14,17)(H,18,19). The van der Waals surface area contributed by atoms with E-state index < -0.39 is 24.0 Å². The molecule has 6 nitrogen and oxygen atoms in total. The molecule has 0 aromatic heterocycles. The molecule has 0 bridgehead atoms. The van der Waals surface area contributed by atoms with E-state index in [4.69, 9.17) is 22.4 Å². The number of anilines is 1. The van der Waals surface area contributed by atoms with Crippen molar-refractivity contribution in [1.29, 1.82) is 0 Å². The number of halogens is 1. The van der Waals surface area contributed by atoms with Gasteiger partial charge in [-0.2, -0.15) is 0 Å². The second kappa shape index (κ2) is 5.07. The lowest BCUT2D eigenvalue weighted by Gasteiger charge is -2.25. The molecule has 4 N–H and O–H groups in total. The number of benzene rings is 1. The lowest BCUT2D eigenvalue weighted by molar-refractivity contribution is -0.138. The van der Waals surface area contributed by atoms with Crippen molar-refractivity contribution in [1.82, 2.24) is 0 Å². The molecule has 19 heavy (non-hydrogen) atoms. The van der Waals surface area contributed by atoms with Crippen molar-refractivity contribution in [2.24, 2.45) is 5.73 Å². The number of aliphatic carboxylic acids is 1. The molecule has 102 valence electrons. The molecule has 7 heteroatoms. The highest BCUT2D eigenvalue weighted by molar-refractivity contribution is 6.31. The minimum Gasteiger partial charge on any atom is -0.480 e. The molecule has 0 radical (unpaired) electrons. The monoisotopic (exact) mass is 284 g/mol. The van der Waals surface area contributed by atoms with Gasteiger partial charge in [-0.1, -0.05) is 11.6 Å². The van der Waals surface area contributed by atoms with Crippen LogP contribution < -0.4 is 10.6 Å². The summed E-state index contributed by atoms with van der Waals surface area (Å²) < 4.78 is 0. The smallest absolute Gasteiger partial charge is 0.326 e. The van der Waals surface area contributed by atoms with Gasteiger partial charge in [-0.15, -0.1) is 0 Å². The van der Waals surface area contributed by atoms with E-state index in [1.807, 2.05) is 0 Å². The maximum atomic E-state index is 11.4. The molecule has 1 heterocycles. The molecule has 0 spiro atoms. The summed E-state index contributed by atoms with van der Waals surface area (Å²) in [5.41, 5.74) is 5.80. The number of aliphatic hydroxyl groups excluding tert-OH is 1. The SMILES string of the molecule is NC(=O)c1cc(Cl)ccc1N1CC(O)CC1C(=O)O. The number of hydrogen-bond donors (Lipinski definition) is 3. The zero-order valence-corrected chi connectivity index (χ0v) is 10.7. The van der Waals surface area contributed by atoms with Crippen LogP contribution in [0.25, 0.3) is 0 Å². The fraction of sp³-hybridized carbons (Fsp3) is 0.333. The van der Waals surface area contributed by atoms with Gasteiger partial charge in [0.05, 0.1) is 17.4 Å². The number of rotatable bonds is 3. The largest absolute Gasteiger partial charge is 0.480 e. The number of carboxylic acid groups (broad SMARTS) is 1. The Balaban J connectivity index is 2.46. The maximum absolute atomic E-state index is 11.4. The van der Waals surface area contributed by atoms with Crippen LogP contribution in [0.2, 0.25) is 5.02 Å². The Kier molecular flexibility index (Phi) is 3.64. The van der Waals surface area contributed by atoms with E-state index in [1.165, 1.54) is 17.0 Å². The summed E-state index contributed by atoms with van der Waals surface area (Å²) >= 11 is 5.80. The number of nitrogens with zero attached hydrogens (tertiary/aromatic N) is 1. The quantitative estimate of drug-likeness (QED) is 0.748. The Bertz CT molecular complexity index is 534. The number of hydrogen-bond acceptors (Lipinski definition) is 4. The molecule has 1 saturated heterocycles. The predicted molar refractivity (Wildman–Crippen MR) is 69.4 cm³/mol. The van der Waals surface area contributed by atoms with Crippen LogP contribution in [0.15, 0.2) is 18.2 Å². The van der Waals surface area contributed by atoms with Crippen LogP contribution in [-0.4, -0.2) is 40.8 Å². The summed E-state index contributed by atoms with van der Waals surface area (Å²) in [6.07, 6.45) is -0.645. The molecule has 2 atom stereocenters. The lowest BCUT2D eigenvalue weighted by atomic mass is 10.1. The molecule has 1 aromatic carbocycles. The van der Waals surface area contributed by atoms with Gasteiger partial charge >= 0.3 is 5.97 Å². The molecule has 2 rings (SSSR count). The lowest BCUT2D eigenvalue weighted by Crippen LogP contribution is -2.37. The number of nitrogens with two attached hydrogens (primary N) is 1. The minimum atomic E-state index is -1.05. The van der Waals surface area contributed by atoms with Crippen LogP contribution in [0.4, 0.5) is 5.69 Å². The van der Waals surface area contributed by atoms with Gasteiger partial charge in [0.15, 0.2) is 0 Å². The molecule has 1 aromatic rings. The first-order valence-electron chi connectivity index (χ1n) is 5.67. The van der Waals surface area contributed by atoms with Crippen LogP contribution in [-0.2, 0) is 4.79 Å². The molecule has 1 fully saturated rings. The minimum absolute atomic E-state index is 0.107. The van der Waals surface area contributed by atoms with Crippen LogP contribution in [0, 0.1) is 0 Å². The third-order valence-corrected chi connectivity index (χ3v) is 3.33. The van der Waals surface area contributed by atoms with Crippen molar-refractivity contribution < 1.29 is 19.8 Å². The molecule has 2 unspecified atom stereocenters. The predicted octanol–water partition coefficient (Wildman–Crippen LogP) is 0.463. The van der Waals surface area contributed by atoms with Crippen molar-refractivity contribution in [3.05, 3.63) is 28.8 Å². The highest BCUT2D eigenvalue weighted by Gasteiger charge is 2.37. The third-order valence-electron chi connectivity index (χ3n) is 3.10. The molecule has 1 amide bonds. The average Bonchev–Trinajstić information content (AvgIpc) is 2.71. The van der Waals surface area contributed by atoms with Crippen molar-refractivity contribution in [3.63, 3.8) is 0 Å². The van der Waals surface area contributed by atoms with E-state index in [0.717, 1.165) is 0 Å². The highest BCUT2D eigenvalue weighted by atomic mass is 35.5. The van der Waals surface area contributed by atoms with Gasteiger partial charge in [-0.25, -0.2) is 4.79 Å². The molecular weight excluding hydrogens is 272 g/mol. The normalized spacial score (nSPS) is 22.5. The van der Waals surface area contributed by atoms with E-state index in [1.54, 1.807) is 6.07 Å². The van der Waals surface area contributed by atoms with Crippen LogP contribution in [0.1, 0.15) is 16.8 Å². The molecule has 1 aliphatic rings. The van der Waals surface area contributed by atoms with Crippen molar-refractivity contribution in [2.45, 2.75) is 18.6 Å². The van der Waals surface area contributed by atoms with Crippen LogP contribution >= 0.6 is 11.6 Å². The number of amides is 1. The summed E-state index contributed by atoms with van der Waals surface area (Å²) in [7, 11) is 0. The van der Waals surface area contributed by atoms with Gasteiger partial charge in [-0.05, 0) is 18.2 Å². The van der Waals surface area contributed by atoms with Gasteiger partial charge in [-0.3, -0.25) is 4.79 Å². The third kappa shape index (κ3) is 2.64.